The maximum atomic E-state index is 13.1. The van der Waals surface area contributed by atoms with Crippen molar-refractivity contribution in [1.82, 2.24) is 19.6 Å². The summed E-state index contributed by atoms with van der Waals surface area (Å²) in [7, 11) is 0. The number of hydrogen-bond donors (Lipinski definition) is 1. The van der Waals surface area contributed by atoms with Crippen molar-refractivity contribution in [2.45, 2.75) is 12.6 Å². The number of anilines is 1. The van der Waals surface area contributed by atoms with E-state index in [0.29, 0.717) is 11.3 Å². The molecule has 0 unspecified atom stereocenters. The molecule has 2 aromatic carbocycles. The van der Waals surface area contributed by atoms with E-state index >= 15 is 0 Å². The van der Waals surface area contributed by atoms with Gasteiger partial charge in [0, 0.05) is 18.6 Å². The van der Waals surface area contributed by atoms with E-state index in [-0.39, 0.29) is 12.1 Å². The van der Waals surface area contributed by atoms with Crippen LogP contribution < -0.4 is 5.32 Å². The van der Waals surface area contributed by atoms with Crippen molar-refractivity contribution in [3.05, 3.63) is 90.5 Å². The molecule has 0 aliphatic rings. The predicted octanol–water partition coefficient (Wildman–Crippen LogP) is 4.26. The molecular weight excluding hydrogens is 395 g/mol. The number of carbonyl (C=O) groups is 1. The lowest BCUT2D eigenvalue weighted by atomic mass is 10.1. The van der Waals surface area contributed by atoms with E-state index in [1.807, 2.05) is 30.3 Å². The van der Waals surface area contributed by atoms with Crippen molar-refractivity contribution >= 4 is 11.6 Å². The third kappa shape index (κ3) is 4.24. The molecule has 0 radical (unpaired) electrons. The summed E-state index contributed by atoms with van der Waals surface area (Å²) in [5.74, 6) is -0.463. The lowest BCUT2D eigenvalue weighted by molar-refractivity contribution is -0.137. The molecule has 0 aliphatic heterocycles. The van der Waals surface area contributed by atoms with Gasteiger partial charge in [-0.3, -0.25) is 4.79 Å². The van der Waals surface area contributed by atoms with Crippen molar-refractivity contribution in [3.63, 3.8) is 0 Å². The van der Waals surface area contributed by atoms with Gasteiger partial charge < -0.3 is 5.32 Å². The summed E-state index contributed by atoms with van der Waals surface area (Å²) in [6.07, 6.45) is 1.77. The van der Waals surface area contributed by atoms with Crippen LogP contribution in [0.2, 0.25) is 0 Å². The monoisotopic (exact) mass is 411 g/mol. The molecule has 30 heavy (non-hydrogen) atoms. The Morgan fingerprint density at radius 1 is 1.00 bits per heavy atom. The van der Waals surface area contributed by atoms with Gasteiger partial charge in [-0.25, -0.2) is 9.36 Å². The van der Waals surface area contributed by atoms with Crippen molar-refractivity contribution in [1.29, 1.82) is 0 Å². The van der Waals surface area contributed by atoms with Crippen molar-refractivity contribution < 1.29 is 18.0 Å². The summed E-state index contributed by atoms with van der Waals surface area (Å²) in [6.45, 7) is 0. The molecule has 0 spiro atoms. The summed E-state index contributed by atoms with van der Waals surface area (Å²) in [4.78, 5) is 12.6. The Labute approximate surface area is 169 Å². The minimum Gasteiger partial charge on any atom is -0.324 e. The highest BCUT2D eigenvalue weighted by Gasteiger charge is 2.31. The fraction of sp³-hybridized carbons (Fsp3) is 0.0952. The zero-order valence-electron chi connectivity index (χ0n) is 15.5. The molecule has 0 saturated carbocycles. The quantitative estimate of drug-likeness (QED) is 0.534. The Balaban J connectivity index is 1.56. The van der Waals surface area contributed by atoms with Crippen molar-refractivity contribution in [3.8, 4) is 11.4 Å². The number of para-hydroxylation sites is 1. The summed E-state index contributed by atoms with van der Waals surface area (Å²) < 4.78 is 42.5. The molecule has 4 rings (SSSR count). The number of rotatable bonds is 5. The molecule has 6 nitrogen and oxygen atoms in total. The van der Waals surface area contributed by atoms with Crippen molar-refractivity contribution in [2.75, 3.05) is 5.32 Å². The number of aromatic nitrogens is 4. The van der Waals surface area contributed by atoms with E-state index in [2.05, 4.69) is 15.5 Å². The van der Waals surface area contributed by atoms with E-state index in [1.54, 1.807) is 29.3 Å². The Morgan fingerprint density at radius 3 is 2.50 bits per heavy atom. The van der Waals surface area contributed by atoms with Gasteiger partial charge in [0.05, 0.1) is 35.2 Å². The topological polar surface area (TPSA) is 64.7 Å². The normalized spacial score (nSPS) is 11.4. The van der Waals surface area contributed by atoms with Gasteiger partial charge in [0.25, 0.3) is 0 Å². The van der Waals surface area contributed by atoms with E-state index in [9.17, 15) is 18.0 Å². The highest BCUT2D eigenvalue weighted by Crippen LogP contribution is 2.33. The van der Waals surface area contributed by atoms with E-state index in [0.717, 1.165) is 17.8 Å². The summed E-state index contributed by atoms with van der Waals surface area (Å²) in [5.41, 5.74) is 0.966. The fourth-order valence-corrected chi connectivity index (χ4v) is 2.98. The predicted molar refractivity (Wildman–Crippen MR) is 104 cm³/mol. The summed E-state index contributed by atoms with van der Waals surface area (Å²) in [5, 5.41) is 10.8. The molecular formula is C21H16F3N5O. The number of halogens is 3. The Hall–Kier alpha value is -3.88. The van der Waals surface area contributed by atoms with Crippen LogP contribution in [-0.2, 0) is 17.4 Å². The number of hydrogen-bond acceptors (Lipinski definition) is 3. The Bertz CT molecular complexity index is 1150. The van der Waals surface area contributed by atoms with Crippen molar-refractivity contribution in [2.24, 2.45) is 0 Å². The molecule has 0 saturated heterocycles. The zero-order chi connectivity index (χ0) is 21.1. The SMILES string of the molecule is O=C(Cc1cnn(-c2ccccc2)c1)Nc1cc(C(F)(F)F)ccc1-n1cccn1. The molecule has 0 bridgehead atoms. The van der Waals surface area contributed by atoms with Crippen LogP contribution in [-0.4, -0.2) is 25.5 Å². The number of nitrogens with one attached hydrogen (secondary N) is 1. The Morgan fingerprint density at radius 2 is 1.80 bits per heavy atom. The summed E-state index contributed by atoms with van der Waals surface area (Å²) >= 11 is 0. The molecule has 1 amide bonds. The third-order valence-corrected chi connectivity index (χ3v) is 4.37. The largest absolute Gasteiger partial charge is 0.416 e. The number of alkyl halides is 3. The average Bonchev–Trinajstić information content (AvgIpc) is 3.40. The number of amides is 1. The molecule has 2 aromatic heterocycles. The van der Waals surface area contributed by atoms with Gasteiger partial charge in [-0.15, -0.1) is 0 Å². The maximum Gasteiger partial charge on any atom is 0.416 e. The van der Waals surface area contributed by atoms with Gasteiger partial charge in [-0.1, -0.05) is 18.2 Å². The molecule has 2 heterocycles. The first-order valence-corrected chi connectivity index (χ1v) is 9.00. The van der Waals surface area contributed by atoms with Gasteiger partial charge in [-0.05, 0) is 42.0 Å². The van der Waals surface area contributed by atoms with E-state index in [4.69, 9.17) is 0 Å². The first kappa shape index (κ1) is 19.4. The van der Waals surface area contributed by atoms with Crippen LogP contribution in [0.4, 0.5) is 18.9 Å². The molecule has 9 heteroatoms. The van der Waals surface area contributed by atoms with Crippen LogP contribution in [0.25, 0.3) is 11.4 Å². The van der Waals surface area contributed by atoms with Crippen LogP contribution in [0.15, 0.2) is 79.4 Å². The highest BCUT2D eigenvalue weighted by atomic mass is 19.4. The van der Waals surface area contributed by atoms with Gasteiger partial charge in [0.1, 0.15) is 0 Å². The molecule has 4 aromatic rings. The van der Waals surface area contributed by atoms with Gasteiger partial charge >= 0.3 is 6.18 Å². The van der Waals surface area contributed by atoms with Gasteiger partial charge in [0.15, 0.2) is 0 Å². The highest BCUT2D eigenvalue weighted by molar-refractivity contribution is 5.94. The number of carbonyl (C=O) groups excluding carboxylic acids is 1. The van der Waals surface area contributed by atoms with Crippen LogP contribution in [0.5, 0.6) is 0 Å². The third-order valence-electron chi connectivity index (χ3n) is 4.37. The fourth-order valence-electron chi connectivity index (χ4n) is 2.98. The minimum atomic E-state index is -4.53. The van der Waals surface area contributed by atoms with E-state index in [1.165, 1.54) is 16.9 Å². The van der Waals surface area contributed by atoms with Gasteiger partial charge in [-0.2, -0.15) is 23.4 Å². The molecule has 0 fully saturated rings. The lowest BCUT2D eigenvalue weighted by Gasteiger charge is -2.14. The molecule has 152 valence electrons. The second-order valence-electron chi connectivity index (χ2n) is 6.53. The molecule has 0 atom stereocenters. The standard InChI is InChI=1S/C21H16F3N5O/c22-21(23,24)16-7-8-19(28-10-4-9-25-28)18(12-16)27-20(30)11-15-13-26-29(14-15)17-5-2-1-3-6-17/h1-10,12-14H,11H2,(H,27,30). The first-order valence-electron chi connectivity index (χ1n) is 9.00. The first-order chi connectivity index (χ1) is 14.4. The van der Waals surface area contributed by atoms with Crippen LogP contribution in [0, 0.1) is 0 Å². The molecule has 0 aliphatic carbocycles. The second kappa shape index (κ2) is 7.86. The van der Waals surface area contributed by atoms with Crippen LogP contribution in [0.1, 0.15) is 11.1 Å². The zero-order valence-corrected chi connectivity index (χ0v) is 15.5. The van der Waals surface area contributed by atoms with Gasteiger partial charge in [0.2, 0.25) is 5.91 Å². The average molecular weight is 411 g/mol. The molecule has 1 N–H and O–H groups in total. The van der Waals surface area contributed by atoms with Crippen LogP contribution in [0.3, 0.4) is 0 Å². The second-order valence-corrected chi connectivity index (χ2v) is 6.53. The summed E-state index contributed by atoms with van der Waals surface area (Å²) in [6, 6.07) is 14.1. The minimum absolute atomic E-state index is 0.0222. The smallest absolute Gasteiger partial charge is 0.324 e. The number of nitrogens with zero attached hydrogens (tertiary/aromatic N) is 4. The maximum absolute atomic E-state index is 13.1. The Kier molecular flexibility index (Phi) is 5.09. The lowest BCUT2D eigenvalue weighted by Crippen LogP contribution is -2.17. The van der Waals surface area contributed by atoms with E-state index < -0.39 is 17.6 Å². The van der Waals surface area contributed by atoms with Crippen LogP contribution >= 0.6 is 0 Å². The number of benzene rings is 2.